The first-order chi connectivity index (χ1) is 15.6. The number of anilines is 1. The van der Waals surface area contributed by atoms with Crippen LogP contribution in [-0.4, -0.2) is 42.1 Å². The fraction of sp³-hybridized carbons (Fsp3) is 0.261. The molecular weight excluding hydrogens is 422 g/mol. The third kappa shape index (κ3) is 2.92. The molecule has 0 saturated carbocycles. The van der Waals surface area contributed by atoms with E-state index in [1.165, 1.54) is 0 Å². The van der Waals surface area contributed by atoms with Crippen molar-refractivity contribution in [1.82, 2.24) is 29.6 Å². The van der Waals surface area contributed by atoms with Crippen LogP contribution in [0.4, 0.5) is 5.82 Å². The number of carbonyl (C=O) groups excluding carboxylic acids is 1. The molecule has 1 atom stereocenters. The summed E-state index contributed by atoms with van der Waals surface area (Å²) in [4.78, 5) is 29.0. The van der Waals surface area contributed by atoms with Crippen LogP contribution in [0.15, 0.2) is 42.2 Å². The third-order valence-corrected chi connectivity index (χ3v) is 7.12. The van der Waals surface area contributed by atoms with Crippen LogP contribution >= 0.6 is 11.3 Å². The highest BCUT2D eigenvalue weighted by molar-refractivity contribution is 7.16. The third-order valence-electron chi connectivity index (χ3n) is 6.31. The molecule has 32 heavy (non-hydrogen) atoms. The van der Waals surface area contributed by atoms with E-state index in [0.717, 1.165) is 57.9 Å². The van der Waals surface area contributed by atoms with Crippen molar-refractivity contribution in [2.24, 2.45) is 7.05 Å². The Labute approximate surface area is 187 Å². The van der Waals surface area contributed by atoms with Crippen LogP contribution < -0.4 is 5.73 Å². The lowest BCUT2D eigenvalue weighted by Crippen LogP contribution is -2.38. The molecule has 4 aromatic heterocycles. The highest BCUT2D eigenvalue weighted by atomic mass is 32.1. The fourth-order valence-corrected chi connectivity index (χ4v) is 5.38. The maximum absolute atomic E-state index is 13.7. The molecule has 9 heteroatoms. The molecule has 1 saturated heterocycles. The van der Waals surface area contributed by atoms with Gasteiger partial charge in [0.05, 0.1) is 44.4 Å². The molecule has 5 aromatic rings. The Balaban J connectivity index is 1.42. The number of hydrogen-bond acceptors (Lipinski definition) is 7. The second-order valence-corrected chi connectivity index (χ2v) is 9.10. The standard InChI is InChI=1S/C23H21N7OS/c1-29-20-15-8-14(10-25-22(15)28-21(24)16(20)11-27-29)23(31)30-7-3-2-4-18(30)13-5-6-19-17(9-13)26-12-32-19/h5-6,8-12,18H,2-4,7H2,1H3,(H2,24,25,28). The summed E-state index contributed by atoms with van der Waals surface area (Å²) < 4.78 is 2.91. The van der Waals surface area contributed by atoms with Gasteiger partial charge in [0.2, 0.25) is 0 Å². The van der Waals surface area contributed by atoms with Gasteiger partial charge in [-0.25, -0.2) is 15.0 Å². The molecule has 0 spiro atoms. The number of nitrogens with two attached hydrogens (primary N) is 1. The van der Waals surface area contributed by atoms with E-state index < -0.39 is 0 Å². The fourth-order valence-electron chi connectivity index (χ4n) is 4.73. The van der Waals surface area contributed by atoms with Gasteiger partial charge in [0.1, 0.15) is 5.82 Å². The van der Waals surface area contributed by atoms with Gasteiger partial charge in [-0.1, -0.05) is 6.07 Å². The molecule has 1 aliphatic rings. The second-order valence-electron chi connectivity index (χ2n) is 8.21. The Morgan fingerprint density at radius 3 is 2.97 bits per heavy atom. The number of pyridine rings is 2. The predicted octanol–water partition coefficient (Wildman–Crippen LogP) is 4.08. The van der Waals surface area contributed by atoms with Gasteiger partial charge >= 0.3 is 0 Å². The van der Waals surface area contributed by atoms with Crippen LogP contribution in [0.25, 0.3) is 32.2 Å². The molecule has 1 amide bonds. The number of likely N-dealkylation sites (tertiary alicyclic amines) is 1. The van der Waals surface area contributed by atoms with Gasteiger partial charge < -0.3 is 10.6 Å². The van der Waals surface area contributed by atoms with E-state index in [9.17, 15) is 4.79 Å². The molecule has 0 aliphatic carbocycles. The minimum atomic E-state index is -0.0189. The first-order valence-corrected chi connectivity index (χ1v) is 11.5. The number of fused-ring (bicyclic) bond motifs is 4. The van der Waals surface area contributed by atoms with Crippen LogP contribution in [0, 0.1) is 0 Å². The van der Waals surface area contributed by atoms with Crippen molar-refractivity contribution in [3.8, 4) is 0 Å². The summed E-state index contributed by atoms with van der Waals surface area (Å²) in [5.74, 6) is 0.371. The van der Waals surface area contributed by atoms with Crippen LogP contribution in [0.3, 0.4) is 0 Å². The van der Waals surface area contributed by atoms with Crippen molar-refractivity contribution < 1.29 is 4.79 Å². The Kier molecular flexibility index (Phi) is 4.32. The first-order valence-electron chi connectivity index (χ1n) is 10.6. The molecule has 2 N–H and O–H groups in total. The van der Waals surface area contributed by atoms with Gasteiger partial charge in [0.25, 0.3) is 5.91 Å². The normalized spacial score (nSPS) is 16.9. The Hall–Kier alpha value is -3.59. The predicted molar refractivity (Wildman–Crippen MR) is 125 cm³/mol. The minimum Gasteiger partial charge on any atom is -0.383 e. The van der Waals surface area contributed by atoms with Crippen molar-refractivity contribution in [1.29, 1.82) is 0 Å². The summed E-state index contributed by atoms with van der Waals surface area (Å²) in [6.45, 7) is 0.720. The van der Waals surface area contributed by atoms with Crippen LogP contribution in [0.2, 0.25) is 0 Å². The summed E-state index contributed by atoms with van der Waals surface area (Å²) >= 11 is 1.63. The topological polar surface area (TPSA) is 103 Å². The summed E-state index contributed by atoms with van der Waals surface area (Å²) in [5.41, 5.74) is 12.0. The SMILES string of the molecule is Cn1ncc2c(N)nc3ncc(C(=O)N4CCCCC4c4ccc5scnc5c4)cc3c21. The van der Waals surface area contributed by atoms with Crippen LogP contribution in [0.1, 0.15) is 41.2 Å². The highest BCUT2D eigenvalue weighted by Crippen LogP contribution is 2.35. The average Bonchev–Trinajstić information content (AvgIpc) is 3.45. The molecule has 5 heterocycles. The number of amides is 1. The number of hydrogen-bond donors (Lipinski definition) is 1. The Morgan fingerprint density at radius 1 is 1.16 bits per heavy atom. The number of nitrogens with zero attached hydrogens (tertiary/aromatic N) is 6. The van der Waals surface area contributed by atoms with Gasteiger partial charge in [0.15, 0.2) is 5.65 Å². The molecule has 6 rings (SSSR count). The van der Waals surface area contributed by atoms with Crippen LogP contribution in [-0.2, 0) is 7.05 Å². The zero-order valence-electron chi connectivity index (χ0n) is 17.5. The van der Waals surface area contributed by atoms with Crippen molar-refractivity contribution in [3.05, 3.63) is 53.3 Å². The molecule has 160 valence electrons. The lowest BCUT2D eigenvalue weighted by Gasteiger charge is -2.36. The summed E-state index contributed by atoms with van der Waals surface area (Å²) in [6, 6.07) is 8.25. The van der Waals surface area contributed by atoms with Crippen LogP contribution in [0.5, 0.6) is 0 Å². The van der Waals surface area contributed by atoms with E-state index in [1.807, 2.05) is 23.5 Å². The number of aryl methyl sites for hydroxylation is 1. The average molecular weight is 444 g/mol. The highest BCUT2D eigenvalue weighted by Gasteiger charge is 2.29. The van der Waals surface area contributed by atoms with Crippen molar-refractivity contribution in [2.45, 2.75) is 25.3 Å². The molecule has 0 radical (unpaired) electrons. The molecule has 1 aromatic carbocycles. The molecule has 1 fully saturated rings. The maximum atomic E-state index is 13.7. The van der Waals surface area contributed by atoms with Gasteiger partial charge in [-0.3, -0.25) is 9.48 Å². The number of rotatable bonds is 2. The minimum absolute atomic E-state index is 0.0189. The van der Waals surface area contributed by atoms with E-state index in [2.05, 4.69) is 38.2 Å². The number of nitrogen functional groups attached to an aromatic ring is 1. The number of aromatic nitrogens is 5. The maximum Gasteiger partial charge on any atom is 0.255 e. The summed E-state index contributed by atoms with van der Waals surface area (Å²) in [6.07, 6.45) is 6.33. The number of carbonyl (C=O) groups is 1. The number of benzene rings is 1. The van der Waals surface area contributed by atoms with Gasteiger partial charge in [-0.15, -0.1) is 11.3 Å². The van der Waals surface area contributed by atoms with E-state index in [0.29, 0.717) is 17.0 Å². The Bertz CT molecular complexity index is 1500. The van der Waals surface area contributed by atoms with E-state index >= 15 is 0 Å². The number of thiazole rings is 1. The van der Waals surface area contributed by atoms with Gasteiger partial charge in [0, 0.05) is 25.2 Å². The summed E-state index contributed by atoms with van der Waals surface area (Å²) in [7, 11) is 1.85. The molecule has 8 nitrogen and oxygen atoms in total. The summed E-state index contributed by atoms with van der Waals surface area (Å²) in [5, 5.41) is 5.85. The molecule has 1 aliphatic heterocycles. The smallest absolute Gasteiger partial charge is 0.255 e. The zero-order chi connectivity index (χ0) is 21.8. The molecule has 0 bridgehead atoms. The van der Waals surface area contributed by atoms with E-state index in [-0.39, 0.29) is 11.9 Å². The number of piperidine rings is 1. The zero-order valence-corrected chi connectivity index (χ0v) is 18.3. The Morgan fingerprint density at radius 2 is 2.06 bits per heavy atom. The van der Waals surface area contributed by atoms with Crippen molar-refractivity contribution >= 4 is 55.2 Å². The molecular formula is C23H21N7OS. The largest absolute Gasteiger partial charge is 0.383 e. The lowest BCUT2D eigenvalue weighted by molar-refractivity contribution is 0.0611. The first kappa shape index (κ1) is 19.1. The van der Waals surface area contributed by atoms with Gasteiger partial charge in [-0.05, 0) is 43.0 Å². The molecule has 1 unspecified atom stereocenters. The quantitative estimate of drug-likeness (QED) is 0.441. The van der Waals surface area contributed by atoms with Gasteiger partial charge in [-0.2, -0.15) is 5.10 Å². The second kappa shape index (κ2) is 7.23. The van der Waals surface area contributed by atoms with Crippen molar-refractivity contribution in [2.75, 3.05) is 12.3 Å². The van der Waals surface area contributed by atoms with Crippen molar-refractivity contribution in [3.63, 3.8) is 0 Å². The lowest BCUT2D eigenvalue weighted by atomic mass is 9.94. The monoisotopic (exact) mass is 443 g/mol. The van der Waals surface area contributed by atoms with E-state index in [4.69, 9.17) is 5.73 Å². The van der Waals surface area contributed by atoms with E-state index in [1.54, 1.807) is 28.4 Å².